The molecule has 0 spiro atoms. The van der Waals surface area contributed by atoms with Crippen LogP contribution in [0.5, 0.6) is 5.75 Å². The molecule has 2 aliphatic heterocycles. The first-order valence-corrected chi connectivity index (χ1v) is 14.4. The number of quaternary nitrogens is 2. The predicted octanol–water partition coefficient (Wildman–Crippen LogP) is 5.03. The maximum atomic E-state index is 10.6. The lowest BCUT2D eigenvalue weighted by Crippen LogP contribution is -2.46. The molecule has 5 N–H and O–H groups in total. The van der Waals surface area contributed by atoms with E-state index in [0.717, 1.165) is 52.2 Å². The average Bonchev–Trinajstić information content (AvgIpc) is 3.59. The van der Waals surface area contributed by atoms with E-state index in [2.05, 4.69) is 111 Å². The van der Waals surface area contributed by atoms with Gasteiger partial charge in [0.25, 0.3) is 0 Å². The van der Waals surface area contributed by atoms with Crippen molar-refractivity contribution in [3.8, 4) is 5.75 Å². The number of aromatic hydroxyl groups is 1. The van der Waals surface area contributed by atoms with Crippen molar-refractivity contribution in [1.29, 1.82) is 0 Å². The van der Waals surface area contributed by atoms with Gasteiger partial charge in [0, 0.05) is 54.7 Å². The number of nitrogens with zero attached hydrogens (tertiary/aromatic N) is 4. The number of likely N-dealkylation sites (N-methyl/N-ethyl adjacent to an activating group) is 2. The Labute approximate surface area is 239 Å². The highest BCUT2D eigenvalue weighted by molar-refractivity contribution is 5.82. The highest BCUT2D eigenvalue weighted by Gasteiger charge is 2.33. The third-order valence-corrected chi connectivity index (χ3v) is 8.71. The van der Waals surface area contributed by atoms with Crippen molar-refractivity contribution in [2.45, 2.75) is 24.9 Å². The SMILES string of the molecule is C[N+](C)(C)C1CCN(c2ccc(Nc3cc(Nc4ccc(N5CCC([N+](C)(C)C)C5)cc4)c(O)cc3N)cc2)C1. The number of phenols is 1. The molecule has 0 radical (unpaired) electrons. The van der Waals surface area contributed by atoms with Gasteiger partial charge in [0.1, 0.15) is 17.8 Å². The van der Waals surface area contributed by atoms with E-state index in [-0.39, 0.29) is 5.75 Å². The van der Waals surface area contributed by atoms with Gasteiger partial charge >= 0.3 is 0 Å². The van der Waals surface area contributed by atoms with E-state index in [1.807, 2.05) is 6.07 Å². The number of nitrogens with two attached hydrogens (primary N) is 1. The molecule has 2 unspecified atom stereocenters. The summed E-state index contributed by atoms with van der Waals surface area (Å²) in [4.78, 5) is 4.92. The lowest BCUT2D eigenvalue weighted by molar-refractivity contribution is -0.893. The molecule has 0 amide bonds. The summed E-state index contributed by atoms with van der Waals surface area (Å²) in [6, 6.07) is 21.7. The molecule has 214 valence electrons. The topological polar surface area (TPSA) is 76.8 Å². The minimum Gasteiger partial charge on any atom is -0.506 e. The number of phenolic OH excluding ortho intramolecular Hbond substituents is 1. The van der Waals surface area contributed by atoms with Crippen LogP contribution in [0, 0.1) is 0 Å². The summed E-state index contributed by atoms with van der Waals surface area (Å²) in [5, 5.41) is 17.4. The minimum absolute atomic E-state index is 0.119. The van der Waals surface area contributed by atoms with Crippen molar-refractivity contribution >= 4 is 39.8 Å². The Morgan fingerprint density at radius 2 is 1.10 bits per heavy atom. The Morgan fingerprint density at radius 3 is 1.50 bits per heavy atom. The van der Waals surface area contributed by atoms with Gasteiger partial charge in [0.15, 0.2) is 0 Å². The molecule has 0 aromatic heterocycles. The molecule has 2 saturated heterocycles. The molecule has 0 aliphatic carbocycles. The van der Waals surface area contributed by atoms with Crippen molar-refractivity contribution in [2.75, 3.05) is 94.6 Å². The fourth-order valence-electron chi connectivity index (χ4n) is 5.85. The zero-order chi connectivity index (χ0) is 28.7. The number of anilines is 7. The molecule has 2 fully saturated rings. The largest absolute Gasteiger partial charge is 0.506 e. The number of benzene rings is 3. The molecular weight excluding hydrogens is 498 g/mol. The fourth-order valence-corrected chi connectivity index (χ4v) is 5.85. The van der Waals surface area contributed by atoms with Crippen LogP contribution in [0.1, 0.15) is 12.8 Å². The normalized spacial score (nSPS) is 19.8. The first kappa shape index (κ1) is 27.9. The third kappa shape index (κ3) is 6.24. The smallest absolute Gasteiger partial charge is 0.141 e. The number of nitrogens with one attached hydrogen (secondary N) is 2. The van der Waals surface area contributed by atoms with Crippen LogP contribution in [0.3, 0.4) is 0 Å². The van der Waals surface area contributed by atoms with Gasteiger partial charge in [-0.05, 0) is 54.6 Å². The molecule has 0 saturated carbocycles. The summed E-state index contributed by atoms with van der Waals surface area (Å²) in [7, 11) is 13.6. The van der Waals surface area contributed by atoms with Crippen LogP contribution in [0.25, 0.3) is 0 Å². The maximum absolute atomic E-state index is 10.6. The number of hydrogen-bond donors (Lipinski definition) is 4. The van der Waals surface area contributed by atoms with Crippen molar-refractivity contribution in [2.24, 2.45) is 0 Å². The second-order valence-corrected chi connectivity index (χ2v) is 13.3. The standard InChI is InChI=1S/C32H46N7O/c1-38(2,3)27-15-17-36(21-27)25-11-7-23(8-12-25)34-30-20-31(32(40)19-29(30)33)35-24-9-13-26(14-10-24)37-18-16-28(22-37)39(4,5)6/h7-14,19-20,27-28,34-35H,15-18,21-22,33H2,1-6H3/q+1/p+1. The number of hydrogen-bond acceptors (Lipinski definition) is 6. The Morgan fingerprint density at radius 1 is 0.675 bits per heavy atom. The molecule has 0 bridgehead atoms. The van der Waals surface area contributed by atoms with Crippen LogP contribution in [0.15, 0.2) is 60.7 Å². The van der Waals surface area contributed by atoms with Crippen molar-refractivity contribution < 1.29 is 14.1 Å². The molecule has 40 heavy (non-hydrogen) atoms. The molecule has 2 aliphatic rings. The molecule has 3 aromatic carbocycles. The van der Waals surface area contributed by atoms with Gasteiger partial charge in [-0.3, -0.25) is 0 Å². The second-order valence-electron chi connectivity index (χ2n) is 13.3. The Kier molecular flexibility index (Phi) is 7.50. The summed E-state index contributed by atoms with van der Waals surface area (Å²) < 4.78 is 1.98. The minimum atomic E-state index is 0.119. The average molecular weight is 546 g/mol. The summed E-state index contributed by atoms with van der Waals surface area (Å²) >= 11 is 0. The summed E-state index contributed by atoms with van der Waals surface area (Å²) in [5.74, 6) is 0.119. The molecule has 8 nitrogen and oxygen atoms in total. The second kappa shape index (κ2) is 10.7. The van der Waals surface area contributed by atoms with E-state index in [4.69, 9.17) is 5.73 Å². The quantitative estimate of drug-likeness (QED) is 0.138. The monoisotopic (exact) mass is 545 g/mol. The fraction of sp³-hybridized carbons (Fsp3) is 0.438. The van der Waals surface area contributed by atoms with Gasteiger partial charge in [0.05, 0.1) is 72.4 Å². The molecule has 2 heterocycles. The lowest BCUT2D eigenvalue weighted by atomic mass is 10.2. The highest BCUT2D eigenvalue weighted by Crippen LogP contribution is 2.37. The number of nitrogen functional groups attached to an aromatic ring is 1. The van der Waals surface area contributed by atoms with Gasteiger partial charge in [0.2, 0.25) is 0 Å². The molecule has 3 aromatic rings. The van der Waals surface area contributed by atoms with Crippen LogP contribution in [0.4, 0.5) is 39.8 Å². The number of rotatable bonds is 8. The summed E-state index contributed by atoms with van der Waals surface area (Å²) in [6.07, 6.45) is 2.41. The Balaban J connectivity index is 1.24. The van der Waals surface area contributed by atoms with Gasteiger partial charge in [-0.1, -0.05) is 0 Å². The van der Waals surface area contributed by atoms with Crippen molar-refractivity contribution in [1.82, 2.24) is 0 Å². The van der Waals surface area contributed by atoms with Crippen LogP contribution in [-0.4, -0.2) is 94.6 Å². The lowest BCUT2D eigenvalue weighted by Gasteiger charge is -2.31. The van der Waals surface area contributed by atoms with Crippen molar-refractivity contribution in [3.63, 3.8) is 0 Å². The van der Waals surface area contributed by atoms with E-state index in [9.17, 15) is 5.11 Å². The third-order valence-electron chi connectivity index (χ3n) is 8.71. The van der Waals surface area contributed by atoms with E-state index in [1.165, 1.54) is 24.2 Å². The highest BCUT2D eigenvalue weighted by atomic mass is 16.3. The van der Waals surface area contributed by atoms with Crippen molar-refractivity contribution in [3.05, 3.63) is 60.7 Å². The van der Waals surface area contributed by atoms with Crippen LogP contribution >= 0.6 is 0 Å². The summed E-state index contributed by atoms with van der Waals surface area (Å²) in [5.41, 5.74) is 12.5. The maximum Gasteiger partial charge on any atom is 0.141 e. The van der Waals surface area contributed by atoms with E-state index < -0.39 is 0 Å². The van der Waals surface area contributed by atoms with Gasteiger partial charge in [-0.2, -0.15) is 0 Å². The van der Waals surface area contributed by atoms with Crippen LogP contribution in [-0.2, 0) is 0 Å². The summed E-state index contributed by atoms with van der Waals surface area (Å²) in [6.45, 7) is 4.31. The Bertz CT molecular complexity index is 1210. The first-order valence-electron chi connectivity index (χ1n) is 14.4. The zero-order valence-electron chi connectivity index (χ0n) is 25.0. The van der Waals surface area contributed by atoms with E-state index in [0.29, 0.717) is 23.5 Å². The first-order chi connectivity index (χ1) is 18.9. The van der Waals surface area contributed by atoms with Gasteiger partial charge in [-0.15, -0.1) is 0 Å². The van der Waals surface area contributed by atoms with Gasteiger partial charge in [-0.25, -0.2) is 0 Å². The molecular formula is C32H47N7O+2. The molecule has 2 atom stereocenters. The van der Waals surface area contributed by atoms with E-state index in [1.54, 1.807) is 6.07 Å². The van der Waals surface area contributed by atoms with Crippen LogP contribution < -0.4 is 26.2 Å². The van der Waals surface area contributed by atoms with E-state index >= 15 is 0 Å². The predicted molar refractivity (Wildman–Crippen MR) is 169 cm³/mol. The van der Waals surface area contributed by atoms with Gasteiger partial charge < -0.3 is 40.2 Å². The molecule has 5 rings (SSSR count). The Hall–Kier alpha value is -3.62. The zero-order valence-corrected chi connectivity index (χ0v) is 25.0. The van der Waals surface area contributed by atoms with Crippen LogP contribution in [0.2, 0.25) is 0 Å². The molecule has 8 heteroatoms.